The van der Waals surface area contributed by atoms with Gasteiger partial charge >= 0.3 is 5.69 Å². The Morgan fingerprint density at radius 2 is 1.84 bits per heavy atom. The smallest absolute Gasteiger partial charge is 0.328 e. The van der Waals surface area contributed by atoms with Gasteiger partial charge in [-0.1, -0.05) is 5.16 Å². The van der Waals surface area contributed by atoms with Crippen LogP contribution in [0.4, 0.5) is 15.9 Å². The van der Waals surface area contributed by atoms with E-state index in [9.17, 15) is 9.18 Å². The number of halogens is 1. The second-order valence-corrected chi connectivity index (χ2v) is 8.19. The summed E-state index contributed by atoms with van der Waals surface area (Å²) in [5.74, 6) is 1.28. The molecule has 0 saturated heterocycles. The number of imidazole rings is 1. The summed E-state index contributed by atoms with van der Waals surface area (Å²) in [5.41, 5.74) is 6.02. The monoisotopic (exact) mass is 421 g/mol. The van der Waals surface area contributed by atoms with Crippen molar-refractivity contribution in [3.63, 3.8) is 0 Å². The summed E-state index contributed by atoms with van der Waals surface area (Å²) in [4.78, 5) is 14.6. The van der Waals surface area contributed by atoms with E-state index in [0.717, 1.165) is 53.1 Å². The number of rotatable bonds is 4. The topological polar surface area (TPSA) is 68.2 Å². The number of nitrogens with one attached hydrogen (secondary N) is 1. The molecule has 0 atom stereocenters. The van der Waals surface area contributed by atoms with E-state index in [1.54, 1.807) is 28.3 Å². The number of nitrogens with zero attached hydrogens (tertiary/aromatic N) is 4. The molecule has 160 valence electrons. The first-order valence-electron chi connectivity index (χ1n) is 10.3. The van der Waals surface area contributed by atoms with Crippen LogP contribution in [0.2, 0.25) is 0 Å². The molecule has 0 saturated carbocycles. The van der Waals surface area contributed by atoms with Gasteiger partial charge in [0.15, 0.2) is 5.82 Å². The molecule has 0 unspecified atom stereocenters. The van der Waals surface area contributed by atoms with Crippen LogP contribution in [-0.4, -0.2) is 25.7 Å². The number of aryl methyl sites for hydroxylation is 3. The lowest BCUT2D eigenvalue weighted by molar-refractivity contribution is 0.228. The van der Waals surface area contributed by atoms with Crippen molar-refractivity contribution in [3.05, 3.63) is 75.2 Å². The van der Waals surface area contributed by atoms with E-state index in [1.807, 2.05) is 7.05 Å². The quantitative estimate of drug-likeness (QED) is 0.545. The molecule has 8 heteroatoms. The highest BCUT2D eigenvalue weighted by Gasteiger charge is 2.25. The Morgan fingerprint density at radius 1 is 1.13 bits per heavy atom. The Hall–Kier alpha value is -3.39. The molecule has 0 aliphatic carbocycles. The predicted molar refractivity (Wildman–Crippen MR) is 117 cm³/mol. The molecule has 1 N–H and O–H groups in total. The van der Waals surface area contributed by atoms with E-state index in [-0.39, 0.29) is 11.5 Å². The Balaban J connectivity index is 1.39. The van der Waals surface area contributed by atoms with Crippen molar-refractivity contribution in [2.24, 2.45) is 14.1 Å². The average molecular weight is 421 g/mol. The van der Waals surface area contributed by atoms with Gasteiger partial charge in [0.05, 0.1) is 16.6 Å². The third-order valence-electron chi connectivity index (χ3n) is 6.14. The van der Waals surface area contributed by atoms with Crippen molar-refractivity contribution < 1.29 is 8.91 Å². The fourth-order valence-corrected chi connectivity index (χ4v) is 4.27. The van der Waals surface area contributed by atoms with Gasteiger partial charge < -0.3 is 9.84 Å². The molecule has 2 aromatic carbocycles. The van der Waals surface area contributed by atoms with E-state index in [2.05, 4.69) is 34.4 Å². The van der Waals surface area contributed by atoms with Gasteiger partial charge in [0.2, 0.25) is 0 Å². The normalized spacial score (nSPS) is 14.2. The standard InChI is InChI=1S/C23H24FN5O2/c1-14-10-19-20(28(3)23(30)27(19)2)11-15(14)12-29-9-8-21-18(13-29)22(26-31-21)25-17-6-4-16(24)5-7-17/h4-7,10-11H,8-9,12-13H2,1-3H3,(H,25,26). The minimum Gasteiger partial charge on any atom is -0.359 e. The zero-order chi connectivity index (χ0) is 21.7. The fraction of sp³-hybridized carbons (Fsp3) is 0.304. The highest BCUT2D eigenvalue weighted by Crippen LogP contribution is 2.30. The van der Waals surface area contributed by atoms with Crippen LogP contribution in [0.15, 0.2) is 45.7 Å². The summed E-state index contributed by atoms with van der Waals surface area (Å²) in [6.07, 6.45) is 0.776. The van der Waals surface area contributed by atoms with Gasteiger partial charge in [-0.25, -0.2) is 9.18 Å². The predicted octanol–water partition coefficient (Wildman–Crippen LogP) is 3.61. The third kappa shape index (κ3) is 3.42. The summed E-state index contributed by atoms with van der Waals surface area (Å²) >= 11 is 0. The molecule has 0 bridgehead atoms. The Kier molecular flexibility index (Phi) is 4.66. The van der Waals surface area contributed by atoms with Gasteiger partial charge in [0.1, 0.15) is 11.6 Å². The van der Waals surface area contributed by atoms with Crippen molar-refractivity contribution in [1.82, 2.24) is 19.2 Å². The minimum absolute atomic E-state index is 0.0184. The molecule has 7 nitrogen and oxygen atoms in total. The third-order valence-corrected chi connectivity index (χ3v) is 6.14. The summed E-state index contributed by atoms with van der Waals surface area (Å²) in [5, 5.41) is 7.43. The maximum Gasteiger partial charge on any atom is 0.328 e. The molecule has 2 aromatic heterocycles. The molecule has 0 radical (unpaired) electrons. The number of fused-ring (bicyclic) bond motifs is 2. The molecule has 0 fully saturated rings. The zero-order valence-electron chi connectivity index (χ0n) is 17.8. The number of aromatic nitrogens is 3. The summed E-state index contributed by atoms with van der Waals surface area (Å²) in [6, 6.07) is 10.4. The van der Waals surface area contributed by atoms with Crippen molar-refractivity contribution in [1.29, 1.82) is 0 Å². The van der Waals surface area contributed by atoms with E-state index in [1.165, 1.54) is 17.7 Å². The highest BCUT2D eigenvalue weighted by atomic mass is 19.1. The van der Waals surface area contributed by atoms with E-state index in [0.29, 0.717) is 12.4 Å². The molecular weight excluding hydrogens is 397 g/mol. The van der Waals surface area contributed by atoms with Gasteiger partial charge in [0.25, 0.3) is 0 Å². The first-order chi connectivity index (χ1) is 14.9. The Bertz CT molecular complexity index is 1330. The number of benzene rings is 2. The molecule has 0 spiro atoms. The van der Waals surface area contributed by atoms with Gasteiger partial charge in [0, 0.05) is 45.8 Å². The molecule has 31 heavy (non-hydrogen) atoms. The lowest BCUT2D eigenvalue weighted by Crippen LogP contribution is -2.30. The number of anilines is 2. The first kappa shape index (κ1) is 19.6. The Morgan fingerprint density at radius 3 is 2.58 bits per heavy atom. The van der Waals surface area contributed by atoms with Gasteiger partial charge in [-0.15, -0.1) is 0 Å². The lowest BCUT2D eigenvalue weighted by atomic mass is 10.0. The van der Waals surface area contributed by atoms with Crippen LogP contribution >= 0.6 is 0 Å². The lowest BCUT2D eigenvalue weighted by Gasteiger charge is -2.26. The van der Waals surface area contributed by atoms with Crippen molar-refractivity contribution >= 4 is 22.5 Å². The molecule has 0 amide bonds. The van der Waals surface area contributed by atoms with Crippen LogP contribution in [-0.2, 0) is 33.6 Å². The molecule has 3 heterocycles. The highest BCUT2D eigenvalue weighted by molar-refractivity contribution is 5.78. The summed E-state index contributed by atoms with van der Waals surface area (Å²) in [7, 11) is 3.61. The van der Waals surface area contributed by atoms with Crippen LogP contribution < -0.4 is 11.0 Å². The van der Waals surface area contributed by atoms with Gasteiger partial charge in [-0.05, 0) is 54.4 Å². The van der Waals surface area contributed by atoms with Crippen molar-refractivity contribution in [2.45, 2.75) is 26.4 Å². The van der Waals surface area contributed by atoms with Crippen LogP contribution in [0.25, 0.3) is 11.0 Å². The minimum atomic E-state index is -0.276. The van der Waals surface area contributed by atoms with Crippen molar-refractivity contribution in [3.8, 4) is 0 Å². The van der Waals surface area contributed by atoms with E-state index >= 15 is 0 Å². The summed E-state index contributed by atoms with van der Waals surface area (Å²) < 4.78 is 22.1. The van der Waals surface area contributed by atoms with Crippen LogP contribution in [0.3, 0.4) is 0 Å². The van der Waals surface area contributed by atoms with E-state index in [4.69, 9.17) is 4.52 Å². The number of hydrogen-bond acceptors (Lipinski definition) is 5. The Labute approximate surface area is 178 Å². The maximum absolute atomic E-state index is 13.2. The van der Waals surface area contributed by atoms with Gasteiger partial charge in [-0.2, -0.15) is 0 Å². The molecular formula is C23H24FN5O2. The molecule has 4 aromatic rings. The average Bonchev–Trinajstić information content (AvgIpc) is 3.25. The summed E-state index contributed by atoms with van der Waals surface area (Å²) in [6.45, 7) is 4.42. The van der Waals surface area contributed by atoms with Crippen LogP contribution in [0.5, 0.6) is 0 Å². The van der Waals surface area contributed by atoms with Crippen molar-refractivity contribution in [2.75, 3.05) is 11.9 Å². The fourth-order valence-electron chi connectivity index (χ4n) is 4.27. The van der Waals surface area contributed by atoms with Gasteiger partial charge in [-0.3, -0.25) is 14.0 Å². The molecule has 1 aliphatic heterocycles. The maximum atomic E-state index is 13.2. The zero-order valence-corrected chi connectivity index (χ0v) is 17.8. The first-order valence-corrected chi connectivity index (χ1v) is 10.3. The van der Waals surface area contributed by atoms with E-state index < -0.39 is 0 Å². The SMILES string of the molecule is Cc1cc2c(cc1CN1CCc3onc(Nc4ccc(F)cc4)c3C1)n(C)c(=O)n2C. The largest absolute Gasteiger partial charge is 0.359 e. The second kappa shape index (κ2) is 7.39. The second-order valence-electron chi connectivity index (χ2n) is 8.19. The molecule has 1 aliphatic rings. The van der Waals surface area contributed by atoms with Crippen LogP contribution in [0, 0.1) is 12.7 Å². The molecule has 5 rings (SSSR count). The van der Waals surface area contributed by atoms with Crippen LogP contribution in [0.1, 0.15) is 22.5 Å². The number of hydrogen-bond donors (Lipinski definition) is 1.